The largest absolute Gasteiger partial charge is 0.462 e. The summed E-state index contributed by atoms with van der Waals surface area (Å²) in [5.74, 6) is -2.01. The van der Waals surface area contributed by atoms with Gasteiger partial charge in [-0.15, -0.1) is 0 Å². The first-order chi connectivity index (χ1) is 18.0. The van der Waals surface area contributed by atoms with Crippen LogP contribution in [0.2, 0.25) is 0 Å². The van der Waals surface area contributed by atoms with Crippen molar-refractivity contribution in [3.63, 3.8) is 0 Å². The molecule has 224 valence electrons. The van der Waals surface area contributed by atoms with Gasteiger partial charge in [0.25, 0.3) is 10.1 Å². The number of carbonyl (C=O) groups excluding carboxylic acids is 2. The van der Waals surface area contributed by atoms with Gasteiger partial charge in [0.05, 0.1) is 6.61 Å². The van der Waals surface area contributed by atoms with E-state index < -0.39 is 71.2 Å². The average Bonchev–Trinajstić information content (AvgIpc) is 2.85. The first-order valence-corrected chi connectivity index (χ1v) is 15.2. The molecule has 0 spiro atoms. The van der Waals surface area contributed by atoms with E-state index >= 15 is 0 Å². The number of aliphatic hydroxyl groups is 3. The molecule has 0 radical (unpaired) electrons. The van der Waals surface area contributed by atoms with Crippen molar-refractivity contribution >= 4 is 22.1 Å². The fourth-order valence-corrected chi connectivity index (χ4v) is 4.66. The van der Waals surface area contributed by atoms with Crippen molar-refractivity contribution in [3.8, 4) is 0 Å². The molecule has 1 fully saturated rings. The minimum Gasteiger partial charge on any atom is -0.462 e. The van der Waals surface area contributed by atoms with Gasteiger partial charge in [-0.3, -0.25) is 14.1 Å². The maximum atomic E-state index is 12.4. The third kappa shape index (κ3) is 14.7. The summed E-state index contributed by atoms with van der Waals surface area (Å²) in [4.78, 5) is 24.5. The molecule has 0 unspecified atom stereocenters. The lowest BCUT2D eigenvalue weighted by Gasteiger charge is -2.40. The van der Waals surface area contributed by atoms with Crippen LogP contribution in [-0.4, -0.2) is 96.0 Å². The first kappa shape index (κ1) is 34.7. The summed E-state index contributed by atoms with van der Waals surface area (Å²) in [5, 5.41) is 30.3. The molecule has 0 saturated carbocycles. The Morgan fingerprint density at radius 2 is 1.34 bits per heavy atom. The van der Waals surface area contributed by atoms with Crippen molar-refractivity contribution in [1.82, 2.24) is 0 Å². The summed E-state index contributed by atoms with van der Waals surface area (Å²) in [7, 11) is -4.57. The zero-order valence-electron chi connectivity index (χ0n) is 22.5. The highest BCUT2D eigenvalue weighted by Gasteiger charge is 2.46. The number of esters is 2. The Hall–Kier alpha value is -1.35. The Morgan fingerprint density at radius 1 is 0.789 bits per heavy atom. The van der Waals surface area contributed by atoms with Gasteiger partial charge in [-0.2, -0.15) is 8.42 Å². The smallest absolute Gasteiger partial charge is 0.306 e. The second-order valence-electron chi connectivity index (χ2n) is 9.72. The molecular weight excluding hydrogens is 524 g/mol. The number of ether oxygens (including phenoxy) is 4. The van der Waals surface area contributed by atoms with E-state index in [9.17, 15) is 33.3 Å². The molecule has 0 aromatic carbocycles. The second kappa shape index (κ2) is 18.9. The third-order valence-electron chi connectivity index (χ3n) is 6.19. The zero-order chi connectivity index (χ0) is 28.6. The van der Waals surface area contributed by atoms with Gasteiger partial charge in [-0.25, -0.2) is 0 Å². The molecule has 0 bridgehead atoms. The Bertz CT molecular complexity index is 774. The lowest BCUT2D eigenvalue weighted by molar-refractivity contribution is -0.297. The molecule has 0 amide bonds. The van der Waals surface area contributed by atoms with Gasteiger partial charge in [0.1, 0.15) is 36.8 Å². The molecule has 13 heteroatoms. The number of rotatable bonds is 20. The molecule has 12 nitrogen and oxygen atoms in total. The van der Waals surface area contributed by atoms with E-state index in [0.717, 1.165) is 51.4 Å². The van der Waals surface area contributed by atoms with Crippen LogP contribution < -0.4 is 0 Å². The Kier molecular flexibility index (Phi) is 17.2. The lowest BCUT2D eigenvalue weighted by Crippen LogP contribution is -2.60. The minimum absolute atomic E-state index is 0.164. The van der Waals surface area contributed by atoms with Crippen LogP contribution in [0.5, 0.6) is 0 Å². The van der Waals surface area contributed by atoms with Gasteiger partial charge in [0, 0.05) is 12.8 Å². The minimum atomic E-state index is -4.57. The fraction of sp³-hybridized carbons (Fsp3) is 0.920. The van der Waals surface area contributed by atoms with Gasteiger partial charge in [0.15, 0.2) is 12.4 Å². The van der Waals surface area contributed by atoms with E-state index in [2.05, 4.69) is 13.8 Å². The van der Waals surface area contributed by atoms with Crippen LogP contribution in [0.25, 0.3) is 0 Å². The maximum Gasteiger partial charge on any atom is 0.306 e. The highest BCUT2D eigenvalue weighted by atomic mass is 32.2. The summed E-state index contributed by atoms with van der Waals surface area (Å²) in [6, 6.07) is 0. The summed E-state index contributed by atoms with van der Waals surface area (Å²) in [6.45, 7) is 3.46. The molecule has 0 aromatic heterocycles. The van der Waals surface area contributed by atoms with E-state index in [-0.39, 0.29) is 19.4 Å². The van der Waals surface area contributed by atoms with Gasteiger partial charge >= 0.3 is 11.9 Å². The van der Waals surface area contributed by atoms with Crippen LogP contribution in [0.1, 0.15) is 90.9 Å². The van der Waals surface area contributed by atoms with E-state index in [1.165, 1.54) is 0 Å². The van der Waals surface area contributed by atoms with Crippen LogP contribution >= 0.6 is 0 Å². The quantitative estimate of drug-likeness (QED) is 0.0947. The average molecular weight is 571 g/mol. The van der Waals surface area contributed by atoms with E-state index in [0.29, 0.717) is 12.8 Å². The highest BCUT2D eigenvalue weighted by Crippen LogP contribution is 2.23. The molecule has 1 rings (SSSR count). The first-order valence-electron chi connectivity index (χ1n) is 13.6. The molecule has 0 aliphatic carbocycles. The summed E-state index contributed by atoms with van der Waals surface area (Å²) < 4.78 is 52.9. The zero-order valence-corrected chi connectivity index (χ0v) is 23.4. The number of carbonyl (C=O) groups is 2. The number of hydrogen-bond acceptors (Lipinski definition) is 11. The standard InChI is InChI=1S/C25H46O12S/c1-3-5-7-9-10-12-14-21(27)36-18(15-34-20(26)13-11-8-6-4-2)16-35-25-24(30)23(29)22(28)19(37-25)17-38(31,32)33/h18-19,22-25,28-30H,3-17H2,1-2H3,(H,31,32,33)/t18-,19-,22-,23+,24-,25-/m1/s1. The molecule has 0 aromatic rings. The maximum absolute atomic E-state index is 12.4. The van der Waals surface area contributed by atoms with E-state index in [4.69, 9.17) is 23.5 Å². The molecule has 6 atom stereocenters. The van der Waals surface area contributed by atoms with Gasteiger partial charge in [0.2, 0.25) is 0 Å². The number of aliphatic hydroxyl groups excluding tert-OH is 3. The predicted molar refractivity (Wildman–Crippen MR) is 137 cm³/mol. The molecule has 38 heavy (non-hydrogen) atoms. The molecule has 1 saturated heterocycles. The van der Waals surface area contributed by atoms with Crippen molar-refractivity contribution in [2.75, 3.05) is 19.0 Å². The molecular formula is C25H46O12S. The number of unbranched alkanes of at least 4 members (excludes halogenated alkanes) is 8. The Labute approximate surface area is 225 Å². The molecule has 1 aliphatic heterocycles. The lowest BCUT2D eigenvalue weighted by atomic mass is 10.00. The number of hydrogen-bond donors (Lipinski definition) is 4. The monoisotopic (exact) mass is 570 g/mol. The summed E-state index contributed by atoms with van der Waals surface area (Å²) in [6.07, 6.45) is 0.217. The van der Waals surface area contributed by atoms with Crippen molar-refractivity contribution in [2.24, 2.45) is 0 Å². The van der Waals surface area contributed by atoms with Crippen LogP contribution in [-0.2, 0) is 38.7 Å². The van der Waals surface area contributed by atoms with Crippen molar-refractivity contribution < 1.29 is 56.8 Å². The highest BCUT2D eigenvalue weighted by molar-refractivity contribution is 7.85. The predicted octanol–water partition coefficient (Wildman–Crippen LogP) is 1.87. The van der Waals surface area contributed by atoms with Crippen molar-refractivity contribution in [3.05, 3.63) is 0 Å². The van der Waals surface area contributed by atoms with Crippen molar-refractivity contribution in [2.45, 2.75) is 128 Å². The second-order valence-corrected chi connectivity index (χ2v) is 11.2. The van der Waals surface area contributed by atoms with Gasteiger partial charge in [-0.05, 0) is 12.8 Å². The third-order valence-corrected chi connectivity index (χ3v) is 6.94. The SMILES string of the molecule is CCCCCCCCC(=O)O[C@H](COC(=O)CCCCCC)CO[C@@H]1O[C@H](CS(=O)(=O)O)[C@@H](O)[C@H](O)[C@H]1O. The fourth-order valence-electron chi connectivity index (χ4n) is 3.97. The Balaban J connectivity index is 2.70. The molecule has 1 aliphatic rings. The van der Waals surface area contributed by atoms with Crippen LogP contribution in [0.15, 0.2) is 0 Å². The van der Waals surface area contributed by atoms with E-state index in [1.807, 2.05) is 0 Å². The Morgan fingerprint density at radius 3 is 1.95 bits per heavy atom. The van der Waals surface area contributed by atoms with E-state index in [1.54, 1.807) is 0 Å². The topological polar surface area (TPSA) is 186 Å². The van der Waals surface area contributed by atoms with Crippen LogP contribution in [0, 0.1) is 0 Å². The summed E-state index contributed by atoms with van der Waals surface area (Å²) >= 11 is 0. The molecule has 4 N–H and O–H groups in total. The van der Waals surface area contributed by atoms with Crippen molar-refractivity contribution in [1.29, 1.82) is 0 Å². The van der Waals surface area contributed by atoms with Gasteiger partial charge < -0.3 is 34.3 Å². The van der Waals surface area contributed by atoms with Crippen LogP contribution in [0.3, 0.4) is 0 Å². The molecule has 1 heterocycles. The van der Waals surface area contributed by atoms with Crippen LogP contribution in [0.4, 0.5) is 0 Å². The van der Waals surface area contributed by atoms with Gasteiger partial charge in [-0.1, -0.05) is 65.2 Å². The summed E-state index contributed by atoms with van der Waals surface area (Å²) in [5.41, 5.74) is 0. The normalized spacial score (nSPS) is 24.6.